The van der Waals surface area contributed by atoms with Crippen LogP contribution in [0, 0.1) is 5.92 Å². The van der Waals surface area contributed by atoms with E-state index in [4.69, 9.17) is 5.11 Å². The first kappa shape index (κ1) is 12.0. The van der Waals surface area contributed by atoms with E-state index >= 15 is 0 Å². The van der Waals surface area contributed by atoms with Gasteiger partial charge in [0.2, 0.25) is 5.95 Å². The van der Waals surface area contributed by atoms with Crippen molar-refractivity contribution in [3.8, 4) is 17.1 Å². The first-order valence-corrected chi connectivity index (χ1v) is 6.35. The lowest BCUT2D eigenvalue weighted by Crippen LogP contribution is -2.28. The summed E-state index contributed by atoms with van der Waals surface area (Å²) in [5.74, 6) is 2.02. The highest BCUT2D eigenvalue weighted by Crippen LogP contribution is 2.23. The quantitative estimate of drug-likeness (QED) is 0.769. The molecule has 1 aliphatic rings. The van der Waals surface area contributed by atoms with Gasteiger partial charge >= 0.3 is 0 Å². The van der Waals surface area contributed by atoms with E-state index in [0.29, 0.717) is 11.7 Å². The molecule has 2 aromatic rings. The Kier molecular flexibility index (Phi) is 3.08. The third-order valence-electron chi connectivity index (χ3n) is 3.31. The normalized spacial score (nSPS) is 17.8. The standard InChI is InChI=1S/C13H16N4O2/c18-6-5-9-7-14-13-15-12(16-17(13)8-9)10-1-3-11(19)4-2-10/h1-4,9,18-19H,5-8H2,(H,14,15,16). The minimum atomic E-state index is 0.196. The molecular formula is C13H16N4O2. The third-order valence-corrected chi connectivity index (χ3v) is 3.31. The molecule has 1 atom stereocenters. The number of hydrogen-bond donors (Lipinski definition) is 3. The van der Waals surface area contributed by atoms with E-state index < -0.39 is 0 Å². The summed E-state index contributed by atoms with van der Waals surface area (Å²) < 4.78 is 1.84. The first-order valence-electron chi connectivity index (χ1n) is 6.35. The molecule has 1 aromatic carbocycles. The van der Waals surface area contributed by atoms with Gasteiger partial charge in [-0.25, -0.2) is 4.68 Å². The molecule has 0 aliphatic carbocycles. The van der Waals surface area contributed by atoms with Crippen LogP contribution in [0.1, 0.15) is 6.42 Å². The minimum Gasteiger partial charge on any atom is -0.508 e. The summed E-state index contributed by atoms with van der Waals surface area (Å²) in [6.45, 7) is 1.78. The molecule has 0 fully saturated rings. The zero-order valence-electron chi connectivity index (χ0n) is 10.5. The molecule has 3 N–H and O–H groups in total. The molecule has 1 aliphatic heterocycles. The molecule has 0 saturated heterocycles. The van der Waals surface area contributed by atoms with Crippen molar-refractivity contribution in [3.05, 3.63) is 24.3 Å². The summed E-state index contributed by atoms with van der Waals surface area (Å²) in [4.78, 5) is 4.44. The fourth-order valence-corrected chi connectivity index (χ4v) is 2.25. The maximum absolute atomic E-state index is 9.28. The number of phenols is 1. The van der Waals surface area contributed by atoms with Crippen molar-refractivity contribution in [3.63, 3.8) is 0 Å². The molecule has 2 heterocycles. The van der Waals surface area contributed by atoms with Crippen LogP contribution >= 0.6 is 0 Å². The number of phenolic OH excluding ortho intramolecular Hbond substituents is 1. The summed E-state index contributed by atoms with van der Waals surface area (Å²) in [5.41, 5.74) is 0.875. The van der Waals surface area contributed by atoms with Gasteiger partial charge in [-0.1, -0.05) is 0 Å². The van der Waals surface area contributed by atoms with E-state index in [1.54, 1.807) is 24.3 Å². The predicted molar refractivity (Wildman–Crippen MR) is 70.8 cm³/mol. The number of aromatic hydroxyl groups is 1. The molecule has 0 spiro atoms. The van der Waals surface area contributed by atoms with E-state index in [2.05, 4.69) is 15.4 Å². The lowest BCUT2D eigenvalue weighted by molar-refractivity contribution is 0.244. The number of rotatable bonds is 3. The number of fused-ring (bicyclic) bond motifs is 1. The Morgan fingerprint density at radius 3 is 2.84 bits per heavy atom. The van der Waals surface area contributed by atoms with Crippen LogP contribution in [0.25, 0.3) is 11.4 Å². The van der Waals surface area contributed by atoms with Gasteiger partial charge in [0.05, 0.1) is 0 Å². The molecule has 100 valence electrons. The Hall–Kier alpha value is -2.08. The number of anilines is 1. The van der Waals surface area contributed by atoms with Gasteiger partial charge in [-0.15, -0.1) is 5.10 Å². The Labute approximate surface area is 110 Å². The second kappa shape index (κ2) is 4.89. The highest BCUT2D eigenvalue weighted by atomic mass is 16.3. The fourth-order valence-electron chi connectivity index (χ4n) is 2.25. The van der Waals surface area contributed by atoms with Crippen LogP contribution in [-0.4, -0.2) is 38.1 Å². The molecule has 0 bridgehead atoms. The number of aromatic nitrogens is 3. The van der Waals surface area contributed by atoms with Crippen molar-refractivity contribution in [2.24, 2.45) is 5.92 Å². The lowest BCUT2D eigenvalue weighted by Gasteiger charge is -2.22. The molecule has 0 amide bonds. The number of nitrogens with one attached hydrogen (secondary N) is 1. The Bertz CT molecular complexity index is 565. The maximum atomic E-state index is 9.28. The van der Waals surface area contributed by atoms with Crippen LogP contribution in [-0.2, 0) is 6.54 Å². The van der Waals surface area contributed by atoms with Gasteiger partial charge in [0, 0.05) is 25.3 Å². The van der Waals surface area contributed by atoms with E-state index in [0.717, 1.165) is 31.0 Å². The van der Waals surface area contributed by atoms with Gasteiger partial charge in [-0.3, -0.25) is 0 Å². The van der Waals surface area contributed by atoms with Crippen LogP contribution in [0.4, 0.5) is 5.95 Å². The van der Waals surface area contributed by atoms with Crippen LogP contribution in [0.5, 0.6) is 5.75 Å². The third kappa shape index (κ3) is 2.39. The second-order valence-electron chi connectivity index (χ2n) is 4.75. The summed E-state index contributed by atoms with van der Waals surface area (Å²) in [6, 6.07) is 6.83. The summed E-state index contributed by atoms with van der Waals surface area (Å²) in [7, 11) is 0. The van der Waals surface area contributed by atoms with Gasteiger partial charge in [0.25, 0.3) is 0 Å². The van der Waals surface area contributed by atoms with Crippen LogP contribution in [0.15, 0.2) is 24.3 Å². The highest BCUT2D eigenvalue weighted by molar-refractivity contribution is 5.57. The molecule has 6 heteroatoms. The molecule has 6 nitrogen and oxygen atoms in total. The van der Waals surface area contributed by atoms with Gasteiger partial charge in [-0.2, -0.15) is 4.98 Å². The van der Waals surface area contributed by atoms with Crippen molar-refractivity contribution in [1.82, 2.24) is 14.8 Å². The van der Waals surface area contributed by atoms with E-state index in [9.17, 15) is 5.11 Å². The maximum Gasteiger partial charge on any atom is 0.221 e. The molecule has 0 radical (unpaired) electrons. The first-order chi connectivity index (χ1) is 9.26. The SMILES string of the molecule is OCCC1CNc2nc(-c3ccc(O)cc3)nn2C1. The van der Waals surface area contributed by atoms with Crippen LogP contribution in [0.3, 0.4) is 0 Å². The van der Waals surface area contributed by atoms with Gasteiger partial charge in [0.1, 0.15) is 5.75 Å². The zero-order chi connectivity index (χ0) is 13.2. The largest absolute Gasteiger partial charge is 0.508 e. The smallest absolute Gasteiger partial charge is 0.221 e. The lowest BCUT2D eigenvalue weighted by atomic mass is 10.1. The average molecular weight is 260 g/mol. The molecule has 0 saturated carbocycles. The summed E-state index contributed by atoms with van der Waals surface area (Å²) in [5, 5.41) is 25.9. The van der Waals surface area contributed by atoms with Gasteiger partial charge in [-0.05, 0) is 36.6 Å². The van der Waals surface area contributed by atoms with Gasteiger partial charge in [0.15, 0.2) is 5.82 Å². The van der Waals surface area contributed by atoms with Crippen molar-refractivity contribution < 1.29 is 10.2 Å². The Morgan fingerprint density at radius 2 is 2.11 bits per heavy atom. The molecule has 1 aromatic heterocycles. The predicted octanol–water partition coefficient (Wildman–Crippen LogP) is 1.07. The molecule has 1 unspecified atom stereocenters. The minimum absolute atomic E-state index is 0.196. The molecule has 19 heavy (non-hydrogen) atoms. The average Bonchev–Trinajstić information content (AvgIpc) is 2.83. The number of hydrogen-bond acceptors (Lipinski definition) is 5. The summed E-state index contributed by atoms with van der Waals surface area (Å²) in [6.07, 6.45) is 0.765. The highest BCUT2D eigenvalue weighted by Gasteiger charge is 2.21. The van der Waals surface area contributed by atoms with Crippen LogP contribution in [0.2, 0.25) is 0 Å². The topological polar surface area (TPSA) is 83.2 Å². The number of aliphatic hydroxyl groups excluding tert-OH is 1. The van der Waals surface area contributed by atoms with Crippen molar-refractivity contribution in [2.75, 3.05) is 18.5 Å². The van der Waals surface area contributed by atoms with Crippen molar-refractivity contribution >= 4 is 5.95 Å². The second-order valence-corrected chi connectivity index (χ2v) is 4.75. The van der Waals surface area contributed by atoms with E-state index in [1.165, 1.54) is 0 Å². The summed E-state index contributed by atoms with van der Waals surface area (Å²) >= 11 is 0. The monoisotopic (exact) mass is 260 g/mol. The Morgan fingerprint density at radius 1 is 1.32 bits per heavy atom. The molecular weight excluding hydrogens is 244 g/mol. The fraction of sp³-hybridized carbons (Fsp3) is 0.385. The Balaban J connectivity index is 1.85. The van der Waals surface area contributed by atoms with Gasteiger partial charge < -0.3 is 15.5 Å². The number of aliphatic hydroxyl groups is 1. The van der Waals surface area contributed by atoms with E-state index in [1.807, 2.05) is 4.68 Å². The number of benzene rings is 1. The van der Waals surface area contributed by atoms with Crippen LogP contribution < -0.4 is 5.32 Å². The van der Waals surface area contributed by atoms with Crippen molar-refractivity contribution in [2.45, 2.75) is 13.0 Å². The zero-order valence-corrected chi connectivity index (χ0v) is 10.5. The van der Waals surface area contributed by atoms with E-state index in [-0.39, 0.29) is 12.4 Å². The molecule has 3 rings (SSSR count). The number of nitrogens with zero attached hydrogens (tertiary/aromatic N) is 3. The van der Waals surface area contributed by atoms with Crippen molar-refractivity contribution in [1.29, 1.82) is 0 Å².